The van der Waals surface area contributed by atoms with Crippen molar-refractivity contribution < 1.29 is 4.79 Å². The van der Waals surface area contributed by atoms with Gasteiger partial charge in [0, 0.05) is 42.2 Å². The predicted octanol–water partition coefficient (Wildman–Crippen LogP) is 2.90. The van der Waals surface area contributed by atoms with E-state index >= 15 is 0 Å². The first-order valence-electron chi connectivity index (χ1n) is 9.81. The highest BCUT2D eigenvalue weighted by molar-refractivity contribution is 8.00. The number of hydrogen-bond donors (Lipinski definition) is 1. The number of aromatic nitrogens is 3. The van der Waals surface area contributed by atoms with Gasteiger partial charge in [0.25, 0.3) is 5.91 Å². The van der Waals surface area contributed by atoms with Gasteiger partial charge in [-0.05, 0) is 25.0 Å². The Balaban J connectivity index is 1.44. The van der Waals surface area contributed by atoms with Crippen molar-refractivity contribution in [3.63, 3.8) is 0 Å². The number of fused-ring (bicyclic) bond motifs is 1. The lowest BCUT2D eigenvalue weighted by Crippen LogP contribution is -2.39. The summed E-state index contributed by atoms with van der Waals surface area (Å²) in [4.78, 5) is 16.2. The summed E-state index contributed by atoms with van der Waals surface area (Å²) in [5.74, 6) is 2.70. The van der Waals surface area contributed by atoms with Crippen molar-refractivity contribution in [3.8, 4) is 0 Å². The normalized spacial score (nSPS) is 18.0. The zero-order chi connectivity index (χ0) is 18.8. The fourth-order valence-corrected chi connectivity index (χ4v) is 4.88. The SMILES string of the molecule is CC(C)Sc1ccccc1C(=O)N1CCC(c2nnc3n2CCNC3)CC1. The molecule has 4 rings (SSSR count). The summed E-state index contributed by atoms with van der Waals surface area (Å²) in [5, 5.41) is 12.6. The molecule has 27 heavy (non-hydrogen) atoms. The molecule has 1 aromatic carbocycles. The van der Waals surface area contributed by atoms with Crippen LogP contribution in [0.5, 0.6) is 0 Å². The number of nitrogens with zero attached hydrogens (tertiary/aromatic N) is 4. The van der Waals surface area contributed by atoms with Crippen LogP contribution in [0.3, 0.4) is 0 Å². The highest BCUT2D eigenvalue weighted by Crippen LogP contribution is 2.31. The molecule has 0 radical (unpaired) electrons. The zero-order valence-electron chi connectivity index (χ0n) is 16.0. The molecule has 1 amide bonds. The quantitative estimate of drug-likeness (QED) is 0.820. The van der Waals surface area contributed by atoms with Gasteiger partial charge in [-0.15, -0.1) is 22.0 Å². The van der Waals surface area contributed by atoms with Gasteiger partial charge in [0.05, 0.1) is 12.1 Å². The Morgan fingerprint density at radius 3 is 2.74 bits per heavy atom. The van der Waals surface area contributed by atoms with E-state index in [-0.39, 0.29) is 5.91 Å². The fourth-order valence-electron chi connectivity index (χ4n) is 3.93. The number of rotatable bonds is 4. The topological polar surface area (TPSA) is 63.1 Å². The van der Waals surface area contributed by atoms with E-state index in [1.807, 2.05) is 23.1 Å². The molecule has 0 aliphatic carbocycles. The van der Waals surface area contributed by atoms with Gasteiger partial charge in [-0.1, -0.05) is 26.0 Å². The van der Waals surface area contributed by atoms with Gasteiger partial charge >= 0.3 is 0 Å². The van der Waals surface area contributed by atoms with Gasteiger partial charge in [-0.25, -0.2) is 0 Å². The third kappa shape index (κ3) is 3.89. The monoisotopic (exact) mass is 385 g/mol. The van der Waals surface area contributed by atoms with Crippen molar-refractivity contribution in [2.45, 2.75) is 55.8 Å². The molecule has 1 saturated heterocycles. The van der Waals surface area contributed by atoms with Gasteiger partial charge in [0.15, 0.2) is 0 Å². The van der Waals surface area contributed by atoms with Crippen LogP contribution in [0.4, 0.5) is 0 Å². The molecule has 7 heteroatoms. The van der Waals surface area contributed by atoms with E-state index in [0.29, 0.717) is 11.2 Å². The van der Waals surface area contributed by atoms with Crippen molar-refractivity contribution in [2.24, 2.45) is 0 Å². The second-order valence-electron chi connectivity index (χ2n) is 7.53. The molecule has 1 N–H and O–H groups in total. The van der Waals surface area contributed by atoms with E-state index in [2.05, 4.69) is 40.0 Å². The molecule has 3 heterocycles. The number of hydrogen-bond acceptors (Lipinski definition) is 5. The molecule has 1 fully saturated rings. The summed E-state index contributed by atoms with van der Waals surface area (Å²) in [7, 11) is 0. The van der Waals surface area contributed by atoms with Crippen molar-refractivity contribution in [1.82, 2.24) is 25.0 Å². The highest BCUT2D eigenvalue weighted by atomic mass is 32.2. The van der Waals surface area contributed by atoms with E-state index in [1.54, 1.807) is 11.8 Å². The van der Waals surface area contributed by atoms with E-state index in [1.165, 1.54) is 0 Å². The summed E-state index contributed by atoms with van der Waals surface area (Å²) < 4.78 is 2.27. The summed E-state index contributed by atoms with van der Waals surface area (Å²) >= 11 is 1.76. The third-order valence-electron chi connectivity index (χ3n) is 5.28. The van der Waals surface area contributed by atoms with Crippen LogP contribution in [-0.2, 0) is 13.1 Å². The van der Waals surface area contributed by atoms with Crippen molar-refractivity contribution >= 4 is 17.7 Å². The Kier molecular flexibility index (Phi) is 5.50. The second kappa shape index (κ2) is 8.02. The first kappa shape index (κ1) is 18.5. The average molecular weight is 386 g/mol. The van der Waals surface area contributed by atoms with Crippen molar-refractivity contribution in [2.75, 3.05) is 19.6 Å². The summed E-state index contributed by atoms with van der Waals surface area (Å²) in [6.07, 6.45) is 1.91. The first-order chi connectivity index (χ1) is 13.1. The Hall–Kier alpha value is -1.86. The molecule has 2 aliphatic heterocycles. The van der Waals surface area contributed by atoms with Crippen LogP contribution in [0.1, 0.15) is 54.6 Å². The van der Waals surface area contributed by atoms with E-state index in [4.69, 9.17) is 0 Å². The molecule has 144 valence electrons. The van der Waals surface area contributed by atoms with Gasteiger partial charge in [0.2, 0.25) is 0 Å². The van der Waals surface area contributed by atoms with Crippen LogP contribution in [0.2, 0.25) is 0 Å². The molecule has 0 unspecified atom stereocenters. The predicted molar refractivity (Wildman–Crippen MR) is 107 cm³/mol. The Morgan fingerprint density at radius 2 is 1.96 bits per heavy atom. The van der Waals surface area contributed by atoms with Crippen LogP contribution in [0.15, 0.2) is 29.2 Å². The molecule has 0 saturated carbocycles. The lowest BCUT2D eigenvalue weighted by Gasteiger charge is -2.32. The Labute approximate surface area is 164 Å². The molecule has 2 aliphatic rings. The molecular formula is C20H27N5OS. The minimum atomic E-state index is 0.157. The lowest BCUT2D eigenvalue weighted by molar-refractivity contribution is 0.0706. The van der Waals surface area contributed by atoms with Gasteiger partial charge < -0.3 is 14.8 Å². The van der Waals surface area contributed by atoms with Crippen LogP contribution in [0.25, 0.3) is 0 Å². The number of benzene rings is 1. The molecule has 6 nitrogen and oxygen atoms in total. The van der Waals surface area contributed by atoms with Gasteiger partial charge in [-0.3, -0.25) is 4.79 Å². The second-order valence-corrected chi connectivity index (χ2v) is 9.15. The van der Waals surface area contributed by atoms with Crippen LogP contribution >= 0.6 is 11.8 Å². The van der Waals surface area contributed by atoms with Crippen molar-refractivity contribution in [1.29, 1.82) is 0 Å². The number of thioether (sulfide) groups is 1. The average Bonchev–Trinajstić information content (AvgIpc) is 3.12. The smallest absolute Gasteiger partial charge is 0.254 e. The minimum absolute atomic E-state index is 0.157. The van der Waals surface area contributed by atoms with E-state index in [0.717, 1.165) is 67.7 Å². The summed E-state index contributed by atoms with van der Waals surface area (Å²) in [6, 6.07) is 7.99. The molecule has 0 atom stereocenters. The zero-order valence-corrected chi connectivity index (χ0v) is 16.8. The largest absolute Gasteiger partial charge is 0.339 e. The number of likely N-dealkylation sites (tertiary alicyclic amines) is 1. The standard InChI is InChI=1S/C20H27N5OS/c1-14(2)27-17-6-4-3-5-16(17)20(26)24-10-7-15(8-11-24)19-23-22-18-13-21-9-12-25(18)19/h3-6,14-15,21H,7-13H2,1-2H3. The lowest BCUT2D eigenvalue weighted by atomic mass is 9.95. The highest BCUT2D eigenvalue weighted by Gasteiger charge is 2.29. The number of carbonyl (C=O) groups is 1. The van der Waals surface area contributed by atoms with Gasteiger partial charge in [-0.2, -0.15) is 0 Å². The molecule has 2 aromatic rings. The summed E-state index contributed by atoms with van der Waals surface area (Å²) in [6.45, 7) is 8.60. The van der Waals surface area contributed by atoms with Crippen LogP contribution in [-0.4, -0.2) is 50.5 Å². The Bertz CT molecular complexity index is 810. The minimum Gasteiger partial charge on any atom is -0.339 e. The first-order valence-corrected chi connectivity index (χ1v) is 10.7. The number of piperidine rings is 1. The molecule has 0 bridgehead atoms. The van der Waals surface area contributed by atoms with E-state index in [9.17, 15) is 4.79 Å². The Morgan fingerprint density at radius 1 is 1.19 bits per heavy atom. The number of nitrogens with one attached hydrogen (secondary N) is 1. The van der Waals surface area contributed by atoms with E-state index < -0.39 is 0 Å². The maximum absolute atomic E-state index is 13.1. The molecule has 0 spiro atoms. The number of amides is 1. The van der Waals surface area contributed by atoms with Crippen LogP contribution < -0.4 is 5.32 Å². The van der Waals surface area contributed by atoms with Crippen LogP contribution in [0, 0.1) is 0 Å². The summed E-state index contributed by atoms with van der Waals surface area (Å²) in [5.41, 5.74) is 0.834. The molecule has 1 aromatic heterocycles. The molecular weight excluding hydrogens is 358 g/mol. The fraction of sp³-hybridized carbons (Fsp3) is 0.550. The van der Waals surface area contributed by atoms with Gasteiger partial charge in [0.1, 0.15) is 11.6 Å². The number of carbonyl (C=O) groups excluding carboxylic acids is 1. The maximum atomic E-state index is 13.1. The maximum Gasteiger partial charge on any atom is 0.254 e. The third-order valence-corrected chi connectivity index (χ3v) is 6.36. The van der Waals surface area contributed by atoms with Crippen molar-refractivity contribution in [3.05, 3.63) is 41.5 Å².